The normalized spacial score (nSPS) is 22.9. The Balaban J connectivity index is 1.39. The van der Waals surface area contributed by atoms with Gasteiger partial charge in [-0.1, -0.05) is 18.2 Å². The van der Waals surface area contributed by atoms with Gasteiger partial charge in [0.25, 0.3) is 5.91 Å². The summed E-state index contributed by atoms with van der Waals surface area (Å²) in [4.78, 5) is 15.3. The summed E-state index contributed by atoms with van der Waals surface area (Å²) >= 11 is 1.85. The van der Waals surface area contributed by atoms with Crippen LogP contribution in [0.5, 0.6) is 0 Å². The van der Waals surface area contributed by atoms with Gasteiger partial charge in [0, 0.05) is 34.9 Å². The number of rotatable bonds is 5. The molecule has 2 N–H and O–H groups in total. The minimum Gasteiger partial charge on any atom is -0.347 e. The standard InChI is InChI=1S/C19H21FN2OS/c20-16-4-2-1-3-14(16)11-21-18(23)12-22-9-7-17-15(8-10-24-17)19(22)13-5-6-13/h1-4,8,10,13,19H,5-7,9,11-12H2,(H,21,23)/p+1/t19-/m1/s1. The fraction of sp³-hybridized carbons (Fsp3) is 0.421. The van der Waals surface area contributed by atoms with Crippen LogP contribution in [0.2, 0.25) is 0 Å². The number of nitrogens with one attached hydrogen (secondary N) is 2. The third kappa shape index (κ3) is 3.23. The lowest BCUT2D eigenvalue weighted by molar-refractivity contribution is -0.928. The average molecular weight is 345 g/mol. The fourth-order valence-electron chi connectivity index (χ4n) is 3.80. The molecule has 1 amide bonds. The van der Waals surface area contributed by atoms with Gasteiger partial charge in [-0.2, -0.15) is 0 Å². The second kappa shape index (κ2) is 6.65. The van der Waals surface area contributed by atoms with E-state index in [0.717, 1.165) is 18.9 Å². The zero-order valence-electron chi connectivity index (χ0n) is 13.6. The van der Waals surface area contributed by atoms with Crippen molar-refractivity contribution in [3.63, 3.8) is 0 Å². The Morgan fingerprint density at radius 1 is 1.29 bits per heavy atom. The molecule has 1 aliphatic heterocycles. The first-order chi connectivity index (χ1) is 11.7. The van der Waals surface area contributed by atoms with E-state index in [1.165, 1.54) is 34.2 Å². The van der Waals surface area contributed by atoms with Gasteiger partial charge in [-0.15, -0.1) is 11.3 Å². The zero-order chi connectivity index (χ0) is 16.5. The molecule has 3 nitrogen and oxygen atoms in total. The number of hydrogen-bond acceptors (Lipinski definition) is 2. The molecular formula is C19H22FN2OS+. The van der Waals surface area contributed by atoms with E-state index in [1.807, 2.05) is 11.3 Å². The van der Waals surface area contributed by atoms with Gasteiger partial charge in [-0.25, -0.2) is 4.39 Å². The summed E-state index contributed by atoms with van der Waals surface area (Å²) in [5.74, 6) is 0.479. The van der Waals surface area contributed by atoms with Gasteiger partial charge in [0.05, 0.1) is 6.54 Å². The van der Waals surface area contributed by atoms with Crippen molar-refractivity contribution in [3.8, 4) is 0 Å². The summed E-state index contributed by atoms with van der Waals surface area (Å²) in [6, 6.07) is 9.32. The van der Waals surface area contributed by atoms with Crippen molar-refractivity contribution in [2.75, 3.05) is 13.1 Å². The third-order valence-corrected chi connectivity index (χ3v) is 6.14. The molecule has 0 bridgehead atoms. The monoisotopic (exact) mass is 345 g/mol. The maximum Gasteiger partial charge on any atom is 0.275 e. The van der Waals surface area contributed by atoms with E-state index in [-0.39, 0.29) is 18.3 Å². The first-order valence-corrected chi connectivity index (χ1v) is 9.51. The van der Waals surface area contributed by atoms with E-state index in [9.17, 15) is 9.18 Å². The van der Waals surface area contributed by atoms with Crippen molar-refractivity contribution in [2.24, 2.45) is 5.92 Å². The van der Waals surface area contributed by atoms with Crippen LogP contribution in [0.4, 0.5) is 4.39 Å². The minimum absolute atomic E-state index is 0.0117. The molecule has 24 heavy (non-hydrogen) atoms. The molecule has 5 heteroatoms. The number of benzene rings is 1. The molecule has 1 aromatic carbocycles. The Morgan fingerprint density at radius 2 is 2.12 bits per heavy atom. The van der Waals surface area contributed by atoms with E-state index in [4.69, 9.17) is 0 Å². The molecule has 1 fully saturated rings. The van der Waals surface area contributed by atoms with Crippen molar-refractivity contribution in [1.82, 2.24) is 5.32 Å². The first kappa shape index (κ1) is 15.8. The molecule has 0 radical (unpaired) electrons. The Labute approximate surface area is 145 Å². The predicted molar refractivity (Wildman–Crippen MR) is 92.4 cm³/mol. The van der Waals surface area contributed by atoms with Crippen LogP contribution in [0.15, 0.2) is 35.7 Å². The number of halogens is 1. The molecule has 0 saturated heterocycles. The summed E-state index contributed by atoms with van der Waals surface area (Å²) in [5, 5.41) is 5.07. The van der Waals surface area contributed by atoms with Crippen LogP contribution in [0.1, 0.15) is 34.9 Å². The molecule has 1 aliphatic carbocycles. The molecule has 2 aromatic rings. The van der Waals surface area contributed by atoms with Gasteiger partial charge in [0.2, 0.25) is 0 Å². The van der Waals surface area contributed by atoms with Gasteiger partial charge >= 0.3 is 0 Å². The van der Waals surface area contributed by atoms with Crippen LogP contribution in [-0.2, 0) is 17.8 Å². The fourth-order valence-corrected chi connectivity index (χ4v) is 4.73. The summed E-state index contributed by atoms with van der Waals surface area (Å²) < 4.78 is 13.6. The van der Waals surface area contributed by atoms with Crippen molar-refractivity contribution in [1.29, 1.82) is 0 Å². The highest BCUT2D eigenvalue weighted by Crippen LogP contribution is 2.42. The smallest absolute Gasteiger partial charge is 0.275 e. The van der Waals surface area contributed by atoms with E-state index in [1.54, 1.807) is 18.2 Å². The molecule has 126 valence electrons. The predicted octanol–water partition coefficient (Wildman–Crippen LogP) is 2.10. The van der Waals surface area contributed by atoms with E-state index >= 15 is 0 Å². The highest BCUT2D eigenvalue weighted by Gasteiger charge is 2.43. The van der Waals surface area contributed by atoms with Crippen LogP contribution in [-0.4, -0.2) is 19.0 Å². The number of thiophene rings is 1. The molecule has 4 rings (SSSR count). The molecule has 1 saturated carbocycles. The maximum atomic E-state index is 13.6. The van der Waals surface area contributed by atoms with E-state index < -0.39 is 0 Å². The Morgan fingerprint density at radius 3 is 2.92 bits per heavy atom. The van der Waals surface area contributed by atoms with Crippen LogP contribution < -0.4 is 10.2 Å². The molecular weight excluding hydrogens is 323 g/mol. The highest BCUT2D eigenvalue weighted by atomic mass is 32.1. The molecule has 2 aliphatic rings. The van der Waals surface area contributed by atoms with Crippen LogP contribution in [0.3, 0.4) is 0 Å². The minimum atomic E-state index is -0.262. The topological polar surface area (TPSA) is 33.5 Å². The maximum absolute atomic E-state index is 13.6. The second-order valence-corrected chi connectivity index (χ2v) is 7.82. The van der Waals surface area contributed by atoms with Crippen LogP contribution in [0.25, 0.3) is 0 Å². The summed E-state index contributed by atoms with van der Waals surface area (Å²) in [7, 11) is 0. The molecule has 1 aromatic heterocycles. The van der Waals surface area contributed by atoms with Gasteiger partial charge in [-0.3, -0.25) is 4.79 Å². The number of carbonyl (C=O) groups excluding carboxylic acids is 1. The number of quaternary nitrogens is 1. The number of carbonyl (C=O) groups is 1. The lowest BCUT2D eigenvalue weighted by Gasteiger charge is -2.32. The lowest BCUT2D eigenvalue weighted by Crippen LogP contribution is -3.14. The summed E-state index contributed by atoms with van der Waals surface area (Å²) in [6.07, 6.45) is 3.62. The molecule has 1 unspecified atom stereocenters. The van der Waals surface area contributed by atoms with Crippen molar-refractivity contribution in [2.45, 2.75) is 31.8 Å². The Kier molecular flexibility index (Phi) is 4.37. The number of fused-ring (bicyclic) bond motifs is 1. The molecule has 2 heterocycles. The Hall–Kier alpha value is -1.72. The Bertz CT molecular complexity index is 740. The molecule has 0 spiro atoms. The van der Waals surface area contributed by atoms with Gasteiger partial charge in [-0.05, 0) is 30.4 Å². The molecule has 2 atom stereocenters. The summed E-state index contributed by atoms with van der Waals surface area (Å²) in [6.45, 7) is 1.75. The van der Waals surface area contributed by atoms with Crippen molar-refractivity contribution >= 4 is 17.2 Å². The lowest BCUT2D eigenvalue weighted by atomic mass is 9.96. The van der Waals surface area contributed by atoms with Crippen molar-refractivity contribution in [3.05, 3.63) is 57.5 Å². The zero-order valence-corrected chi connectivity index (χ0v) is 14.4. The third-order valence-electron chi connectivity index (χ3n) is 5.14. The average Bonchev–Trinajstić information content (AvgIpc) is 3.30. The number of amides is 1. The van der Waals surface area contributed by atoms with Gasteiger partial charge in [0.1, 0.15) is 11.9 Å². The second-order valence-electron chi connectivity index (χ2n) is 6.82. The van der Waals surface area contributed by atoms with Crippen LogP contribution >= 0.6 is 11.3 Å². The van der Waals surface area contributed by atoms with Crippen LogP contribution in [0, 0.1) is 11.7 Å². The van der Waals surface area contributed by atoms with Crippen molar-refractivity contribution < 1.29 is 14.1 Å². The van der Waals surface area contributed by atoms with E-state index in [2.05, 4.69) is 16.8 Å². The quantitative estimate of drug-likeness (QED) is 0.855. The number of hydrogen-bond donors (Lipinski definition) is 2. The van der Waals surface area contributed by atoms with Gasteiger partial charge < -0.3 is 10.2 Å². The first-order valence-electron chi connectivity index (χ1n) is 8.63. The largest absolute Gasteiger partial charge is 0.347 e. The van der Waals surface area contributed by atoms with Gasteiger partial charge in [0.15, 0.2) is 6.54 Å². The highest BCUT2D eigenvalue weighted by molar-refractivity contribution is 7.10. The summed E-state index contributed by atoms with van der Waals surface area (Å²) in [5.41, 5.74) is 2.00. The van der Waals surface area contributed by atoms with E-state index in [0.29, 0.717) is 18.2 Å². The SMILES string of the molecule is O=C(C[NH+]1CCc2sccc2[C@H]1C1CC1)NCc1ccccc1F.